The van der Waals surface area contributed by atoms with Crippen LogP contribution in [0.1, 0.15) is 30.4 Å². The number of aromatic nitrogens is 2. The first-order chi connectivity index (χ1) is 8.81. The van der Waals surface area contributed by atoms with Crippen LogP contribution in [0, 0.1) is 11.3 Å². The average Bonchev–Trinajstić information content (AvgIpc) is 2.85. The van der Waals surface area contributed by atoms with E-state index < -0.39 is 0 Å². The molecule has 1 N–H and O–H groups in total. The smallest absolute Gasteiger partial charge is 0.315 e. The van der Waals surface area contributed by atoms with E-state index >= 15 is 0 Å². The Bertz CT molecular complexity index is 556. The molecule has 5 heteroatoms. The van der Waals surface area contributed by atoms with Crippen molar-refractivity contribution >= 4 is 6.01 Å². The van der Waals surface area contributed by atoms with E-state index in [-0.39, 0.29) is 0 Å². The maximum absolute atomic E-state index is 8.80. The number of aryl methyl sites for hydroxylation is 1. The Kier molecular flexibility index (Phi) is 3.92. The van der Waals surface area contributed by atoms with Gasteiger partial charge in [0.05, 0.1) is 11.6 Å². The van der Waals surface area contributed by atoms with Gasteiger partial charge in [0.15, 0.2) is 0 Å². The molecule has 0 aliphatic heterocycles. The van der Waals surface area contributed by atoms with Crippen molar-refractivity contribution in [2.24, 2.45) is 0 Å². The summed E-state index contributed by atoms with van der Waals surface area (Å²) in [5.74, 6) is 0.644. The molecule has 2 rings (SSSR count). The lowest BCUT2D eigenvalue weighted by Crippen LogP contribution is -1.99. The molecular weight excluding hydrogens is 228 g/mol. The zero-order valence-electron chi connectivity index (χ0n) is 10.2. The highest BCUT2D eigenvalue weighted by Gasteiger charge is 2.04. The van der Waals surface area contributed by atoms with Crippen molar-refractivity contribution in [3.05, 3.63) is 41.3 Å². The second-order valence-corrected chi connectivity index (χ2v) is 3.92. The molecule has 2 aromatic rings. The first-order valence-corrected chi connectivity index (χ1v) is 5.87. The van der Waals surface area contributed by atoms with Crippen LogP contribution in [0.25, 0.3) is 0 Å². The molecule has 1 heterocycles. The van der Waals surface area contributed by atoms with Gasteiger partial charge in [0.25, 0.3) is 0 Å². The van der Waals surface area contributed by atoms with Gasteiger partial charge in [-0.2, -0.15) is 5.26 Å². The van der Waals surface area contributed by atoms with E-state index in [4.69, 9.17) is 9.68 Å². The lowest BCUT2D eigenvalue weighted by atomic mass is 10.1. The van der Waals surface area contributed by atoms with E-state index in [1.165, 1.54) is 0 Å². The van der Waals surface area contributed by atoms with Crippen LogP contribution in [0.15, 0.2) is 28.7 Å². The zero-order chi connectivity index (χ0) is 12.8. The molecule has 0 saturated carbocycles. The normalized spacial score (nSPS) is 10.0. The Labute approximate surface area is 105 Å². The number of anilines is 1. The molecule has 0 saturated heterocycles. The van der Waals surface area contributed by atoms with Gasteiger partial charge in [0, 0.05) is 13.0 Å². The highest BCUT2D eigenvalue weighted by Crippen LogP contribution is 2.10. The first kappa shape index (κ1) is 12.1. The molecule has 1 aromatic carbocycles. The fourth-order valence-corrected chi connectivity index (χ4v) is 1.57. The number of nitriles is 1. The Morgan fingerprint density at radius 2 is 2.28 bits per heavy atom. The van der Waals surface area contributed by atoms with Gasteiger partial charge in [0.2, 0.25) is 5.89 Å². The van der Waals surface area contributed by atoms with E-state index in [9.17, 15) is 0 Å². The van der Waals surface area contributed by atoms with Crippen molar-refractivity contribution in [3.63, 3.8) is 0 Å². The van der Waals surface area contributed by atoms with Crippen LogP contribution < -0.4 is 5.32 Å². The summed E-state index contributed by atoms with van der Waals surface area (Å²) < 4.78 is 5.40. The molecule has 0 aliphatic carbocycles. The molecule has 0 spiro atoms. The van der Waals surface area contributed by atoms with Crippen LogP contribution in [0.3, 0.4) is 0 Å². The summed E-state index contributed by atoms with van der Waals surface area (Å²) >= 11 is 0. The number of nitrogens with zero attached hydrogens (tertiary/aromatic N) is 3. The predicted molar refractivity (Wildman–Crippen MR) is 66.8 cm³/mol. The van der Waals surface area contributed by atoms with Crippen LogP contribution in [-0.4, -0.2) is 10.2 Å². The molecule has 0 aliphatic rings. The summed E-state index contributed by atoms with van der Waals surface area (Å²) in [6.07, 6.45) is 1.77. The van der Waals surface area contributed by atoms with Crippen LogP contribution in [-0.2, 0) is 13.0 Å². The highest BCUT2D eigenvalue weighted by molar-refractivity contribution is 5.34. The molecule has 0 fully saturated rings. The lowest BCUT2D eigenvalue weighted by molar-refractivity contribution is 0.501. The summed E-state index contributed by atoms with van der Waals surface area (Å²) in [6.45, 7) is 2.62. The van der Waals surface area contributed by atoms with Gasteiger partial charge in [-0.15, -0.1) is 5.10 Å². The van der Waals surface area contributed by atoms with Gasteiger partial charge in [-0.05, 0) is 24.1 Å². The van der Waals surface area contributed by atoms with Gasteiger partial charge in [-0.3, -0.25) is 0 Å². The molecule has 0 amide bonds. The minimum atomic E-state index is 0.417. The molecule has 0 bridgehead atoms. The minimum Gasteiger partial charge on any atom is -0.408 e. The van der Waals surface area contributed by atoms with Gasteiger partial charge in [0.1, 0.15) is 0 Å². The van der Waals surface area contributed by atoms with E-state index in [2.05, 4.69) is 28.5 Å². The fourth-order valence-electron chi connectivity index (χ4n) is 1.57. The molecule has 0 unspecified atom stereocenters. The first-order valence-electron chi connectivity index (χ1n) is 5.87. The highest BCUT2D eigenvalue weighted by atomic mass is 16.4. The summed E-state index contributed by atoms with van der Waals surface area (Å²) in [6, 6.07) is 9.92. The van der Waals surface area contributed by atoms with Crippen molar-refractivity contribution in [3.8, 4) is 6.07 Å². The van der Waals surface area contributed by atoms with Crippen LogP contribution >= 0.6 is 0 Å². The second kappa shape index (κ2) is 5.82. The standard InChI is InChI=1S/C13H14N4O/c1-2-4-12-16-17-13(18-12)15-9-11-6-3-5-10(7-11)8-14/h3,5-7H,2,4,9H2,1H3,(H,15,17). The Morgan fingerprint density at radius 3 is 3.06 bits per heavy atom. The van der Waals surface area contributed by atoms with Crippen molar-refractivity contribution in [2.75, 3.05) is 5.32 Å². The van der Waals surface area contributed by atoms with E-state index in [0.29, 0.717) is 24.0 Å². The number of rotatable bonds is 5. The molecule has 92 valence electrons. The van der Waals surface area contributed by atoms with Crippen LogP contribution in [0.2, 0.25) is 0 Å². The third kappa shape index (κ3) is 3.08. The summed E-state index contributed by atoms with van der Waals surface area (Å²) in [4.78, 5) is 0. The zero-order valence-corrected chi connectivity index (χ0v) is 10.2. The molecule has 18 heavy (non-hydrogen) atoms. The van der Waals surface area contributed by atoms with Gasteiger partial charge < -0.3 is 9.73 Å². The maximum atomic E-state index is 8.80. The summed E-state index contributed by atoms with van der Waals surface area (Å²) in [5.41, 5.74) is 1.65. The predicted octanol–water partition coefficient (Wildman–Crippen LogP) is 2.51. The van der Waals surface area contributed by atoms with Crippen LogP contribution in [0.5, 0.6) is 0 Å². The van der Waals surface area contributed by atoms with E-state index in [1.54, 1.807) is 6.07 Å². The van der Waals surface area contributed by atoms with E-state index in [1.807, 2.05) is 18.2 Å². The van der Waals surface area contributed by atoms with E-state index in [0.717, 1.165) is 18.4 Å². The number of hydrogen-bond acceptors (Lipinski definition) is 5. The van der Waals surface area contributed by atoms with Crippen molar-refractivity contribution in [1.82, 2.24) is 10.2 Å². The number of benzene rings is 1. The summed E-state index contributed by atoms with van der Waals surface area (Å²) in [7, 11) is 0. The van der Waals surface area contributed by atoms with Gasteiger partial charge in [-0.25, -0.2) is 0 Å². The van der Waals surface area contributed by atoms with Gasteiger partial charge in [-0.1, -0.05) is 24.2 Å². The third-order valence-electron chi connectivity index (χ3n) is 2.43. The van der Waals surface area contributed by atoms with Gasteiger partial charge >= 0.3 is 6.01 Å². The number of hydrogen-bond donors (Lipinski definition) is 1. The lowest BCUT2D eigenvalue weighted by Gasteiger charge is -2.01. The fraction of sp³-hybridized carbons (Fsp3) is 0.308. The SMILES string of the molecule is CCCc1nnc(NCc2cccc(C#N)c2)o1. The average molecular weight is 242 g/mol. The minimum absolute atomic E-state index is 0.417. The van der Waals surface area contributed by atoms with Crippen LogP contribution in [0.4, 0.5) is 6.01 Å². The van der Waals surface area contributed by atoms with Crippen molar-refractivity contribution < 1.29 is 4.42 Å². The maximum Gasteiger partial charge on any atom is 0.315 e. The molecule has 5 nitrogen and oxygen atoms in total. The second-order valence-electron chi connectivity index (χ2n) is 3.92. The molecular formula is C13H14N4O. The number of nitrogens with one attached hydrogen (secondary N) is 1. The largest absolute Gasteiger partial charge is 0.408 e. The molecule has 0 atom stereocenters. The van der Waals surface area contributed by atoms with Crippen molar-refractivity contribution in [2.45, 2.75) is 26.3 Å². The Hall–Kier alpha value is -2.35. The third-order valence-corrected chi connectivity index (χ3v) is 2.43. The van der Waals surface area contributed by atoms with Crippen molar-refractivity contribution in [1.29, 1.82) is 5.26 Å². The topological polar surface area (TPSA) is 74.7 Å². The quantitative estimate of drug-likeness (QED) is 0.871. The molecule has 1 aromatic heterocycles. The molecule has 0 radical (unpaired) electrons. The monoisotopic (exact) mass is 242 g/mol. The summed E-state index contributed by atoms with van der Waals surface area (Å²) in [5, 5.41) is 19.7. The Balaban J connectivity index is 1.96. The Morgan fingerprint density at radius 1 is 1.39 bits per heavy atom.